The summed E-state index contributed by atoms with van der Waals surface area (Å²) in [6.45, 7) is 6.37. The number of nitrogens with one attached hydrogen (secondary N) is 1. The lowest BCUT2D eigenvalue weighted by molar-refractivity contribution is 0.337. The van der Waals surface area contributed by atoms with Crippen molar-refractivity contribution in [2.75, 3.05) is 5.32 Å². The fourth-order valence-electron chi connectivity index (χ4n) is 3.85. The van der Waals surface area contributed by atoms with E-state index in [2.05, 4.69) is 10.4 Å². The van der Waals surface area contributed by atoms with Gasteiger partial charge in [0.1, 0.15) is 17.0 Å². The summed E-state index contributed by atoms with van der Waals surface area (Å²) in [5.41, 5.74) is 0.104. The van der Waals surface area contributed by atoms with Crippen molar-refractivity contribution < 1.29 is 12.8 Å². The number of nitrogens with two attached hydrogens (primary N) is 1. The van der Waals surface area contributed by atoms with Gasteiger partial charge in [-0.3, -0.25) is 13.9 Å². The van der Waals surface area contributed by atoms with Gasteiger partial charge in [-0.2, -0.15) is 5.10 Å². The molecule has 4 rings (SSSR count). The van der Waals surface area contributed by atoms with Gasteiger partial charge >= 0.3 is 5.69 Å². The van der Waals surface area contributed by atoms with Crippen LogP contribution in [0.4, 0.5) is 15.9 Å². The first-order chi connectivity index (χ1) is 16.7. The van der Waals surface area contributed by atoms with E-state index in [0.717, 1.165) is 4.57 Å². The second kappa shape index (κ2) is 9.03. The molecule has 0 aliphatic heterocycles. The van der Waals surface area contributed by atoms with Gasteiger partial charge in [-0.05, 0) is 47.4 Å². The molecule has 10 nitrogen and oxygen atoms in total. The van der Waals surface area contributed by atoms with Crippen LogP contribution in [-0.2, 0) is 30.2 Å². The average molecular weight is 515 g/mol. The monoisotopic (exact) mass is 514 g/mol. The number of sulfonamides is 1. The summed E-state index contributed by atoms with van der Waals surface area (Å²) >= 11 is 0. The number of hydrogen-bond donors (Lipinski definition) is 2. The number of aromatic nitrogens is 4. The Hall–Kier alpha value is -3.77. The molecule has 0 spiro atoms. The van der Waals surface area contributed by atoms with Crippen LogP contribution in [0.3, 0.4) is 0 Å². The Balaban J connectivity index is 1.94. The maximum atomic E-state index is 13.5. The van der Waals surface area contributed by atoms with Gasteiger partial charge in [0.2, 0.25) is 10.0 Å². The van der Waals surface area contributed by atoms with E-state index in [0.29, 0.717) is 23.6 Å². The van der Waals surface area contributed by atoms with Crippen molar-refractivity contribution in [2.45, 2.75) is 38.8 Å². The second-order valence-electron chi connectivity index (χ2n) is 9.82. The topological polar surface area (TPSA) is 134 Å². The quantitative estimate of drug-likeness (QED) is 0.406. The predicted octanol–water partition coefficient (Wildman–Crippen LogP) is 2.52. The molecule has 0 atom stereocenters. The van der Waals surface area contributed by atoms with E-state index in [-0.39, 0.29) is 27.9 Å². The molecule has 2 heterocycles. The highest BCUT2D eigenvalue weighted by molar-refractivity contribution is 7.89. The molecule has 0 bridgehead atoms. The lowest BCUT2D eigenvalue weighted by Gasteiger charge is -2.20. The molecule has 0 amide bonds. The first-order valence-corrected chi connectivity index (χ1v) is 12.6. The lowest BCUT2D eigenvalue weighted by Crippen LogP contribution is -2.40. The van der Waals surface area contributed by atoms with Crippen LogP contribution in [0, 0.1) is 11.2 Å². The van der Waals surface area contributed by atoms with E-state index in [1.165, 1.54) is 52.7 Å². The van der Waals surface area contributed by atoms with Gasteiger partial charge in [-0.1, -0.05) is 32.9 Å². The highest BCUT2D eigenvalue weighted by atomic mass is 32.2. The van der Waals surface area contributed by atoms with Crippen molar-refractivity contribution in [3.05, 3.63) is 80.7 Å². The third kappa shape index (κ3) is 5.09. The predicted molar refractivity (Wildman–Crippen MR) is 135 cm³/mol. The number of benzene rings is 2. The zero-order chi connectivity index (χ0) is 26.4. The SMILES string of the molecule is Cn1c(=O)c2c(Nc3ccc(F)cc3)n(Cc3ccc(S(N)(=O)=O)cc3)nc2n(CC(C)(C)C)c1=O. The van der Waals surface area contributed by atoms with E-state index in [1.807, 2.05) is 20.8 Å². The highest BCUT2D eigenvalue weighted by Crippen LogP contribution is 2.26. The molecule has 0 saturated carbocycles. The molecule has 4 aromatic rings. The number of rotatable bonds is 6. The molecule has 2 aromatic heterocycles. The molecular formula is C24H27FN6O4S. The van der Waals surface area contributed by atoms with Crippen molar-refractivity contribution >= 4 is 32.6 Å². The molecule has 190 valence electrons. The number of hydrogen-bond acceptors (Lipinski definition) is 6. The van der Waals surface area contributed by atoms with Crippen molar-refractivity contribution in [2.24, 2.45) is 17.6 Å². The Bertz CT molecular complexity index is 1660. The molecular weight excluding hydrogens is 487 g/mol. The number of nitrogens with zero attached hydrogens (tertiary/aromatic N) is 4. The Labute approximate surface area is 206 Å². The number of primary sulfonamides is 1. The van der Waals surface area contributed by atoms with Crippen LogP contribution in [0.5, 0.6) is 0 Å². The van der Waals surface area contributed by atoms with Crippen molar-refractivity contribution in [3.8, 4) is 0 Å². The van der Waals surface area contributed by atoms with Crippen LogP contribution >= 0.6 is 0 Å². The standard InChI is InChI=1S/C24H27FN6O4S/c1-24(2,3)14-30-21-19(22(32)29(4)23(30)33)20(27-17-9-7-16(25)8-10-17)31(28-21)13-15-5-11-18(12-6-15)36(26,34)35/h5-12,27H,13-14H2,1-4H3,(H2,26,34,35). The Morgan fingerprint density at radius 1 is 1.03 bits per heavy atom. The summed E-state index contributed by atoms with van der Waals surface area (Å²) in [5, 5.41) is 13.2. The second-order valence-corrected chi connectivity index (χ2v) is 11.4. The van der Waals surface area contributed by atoms with E-state index < -0.39 is 27.1 Å². The van der Waals surface area contributed by atoms with Gasteiger partial charge in [-0.25, -0.2) is 27.4 Å². The third-order valence-electron chi connectivity index (χ3n) is 5.55. The number of halogens is 1. The molecule has 36 heavy (non-hydrogen) atoms. The van der Waals surface area contributed by atoms with Crippen LogP contribution in [0.25, 0.3) is 11.0 Å². The van der Waals surface area contributed by atoms with Crippen LogP contribution in [0.2, 0.25) is 0 Å². The van der Waals surface area contributed by atoms with Gasteiger partial charge in [0, 0.05) is 19.3 Å². The van der Waals surface area contributed by atoms with E-state index in [9.17, 15) is 22.4 Å². The summed E-state index contributed by atoms with van der Waals surface area (Å²) in [6, 6.07) is 11.6. The van der Waals surface area contributed by atoms with Crippen LogP contribution in [-0.4, -0.2) is 27.3 Å². The Kier molecular flexibility index (Phi) is 6.35. The van der Waals surface area contributed by atoms with E-state index in [1.54, 1.807) is 12.1 Å². The normalized spacial score (nSPS) is 12.3. The van der Waals surface area contributed by atoms with Gasteiger partial charge in [0.05, 0.1) is 11.4 Å². The fourth-order valence-corrected chi connectivity index (χ4v) is 4.36. The van der Waals surface area contributed by atoms with Gasteiger partial charge < -0.3 is 5.32 Å². The molecule has 3 N–H and O–H groups in total. The van der Waals surface area contributed by atoms with Gasteiger partial charge in [0.15, 0.2) is 5.65 Å². The summed E-state index contributed by atoms with van der Waals surface area (Å²) in [6.07, 6.45) is 0. The highest BCUT2D eigenvalue weighted by Gasteiger charge is 2.24. The maximum absolute atomic E-state index is 13.5. The van der Waals surface area contributed by atoms with Gasteiger partial charge in [-0.15, -0.1) is 0 Å². The largest absolute Gasteiger partial charge is 0.340 e. The molecule has 0 aliphatic rings. The van der Waals surface area contributed by atoms with Crippen LogP contribution in [0.1, 0.15) is 26.3 Å². The third-order valence-corrected chi connectivity index (χ3v) is 6.48. The van der Waals surface area contributed by atoms with E-state index >= 15 is 0 Å². The minimum atomic E-state index is -3.85. The molecule has 12 heteroatoms. The molecule has 0 aliphatic carbocycles. The fraction of sp³-hybridized carbons (Fsp3) is 0.292. The Morgan fingerprint density at radius 2 is 1.64 bits per heavy atom. The smallest absolute Gasteiger partial charge is 0.332 e. The molecule has 0 saturated heterocycles. The van der Waals surface area contributed by atoms with Gasteiger partial charge in [0.25, 0.3) is 5.56 Å². The first-order valence-electron chi connectivity index (χ1n) is 11.1. The minimum absolute atomic E-state index is 0.0329. The Morgan fingerprint density at radius 3 is 2.19 bits per heavy atom. The summed E-state index contributed by atoms with van der Waals surface area (Å²) in [4.78, 5) is 26.3. The van der Waals surface area contributed by atoms with E-state index in [4.69, 9.17) is 5.14 Å². The maximum Gasteiger partial charge on any atom is 0.332 e. The van der Waals surface area contributed by atoms with Crippen molar-refractivity contribution in [1.29, 1.82) is 0 Å². The zero-order valence-corrected chi connectivity index (χ0v) is 21.1. The number of anilines is 2. The van der Waals surface area contributed by atoms with Crippen molar-refractivity contribution in [1.82, 2.24) is 18.9 Å². The molecule has 0 fully saturated rings. The van der Waals surface area contributed by atoms with Crippen LogP contribution in [0.15, 0.2) is 63.0 Å². The summed E-state index contributed by atoms with van der Waals surface area (Å²) < 4.78 is 40.7. The average Bonchev–Trinajstić information content (AvgIpc) is 3.13. The molecule has 0 unspecified atom stereocenters. The summed E-state index contributed by atoms with van der Waals surface area (Å²) in [7, 11) is -2.44. The number of fused-ring (bicyclic) bond motifs is 1. The molecule has 0 radical (unpaired) electrons. The minimum Gasteiger partial charge on any atom is -0.340 e. The van der Waals surface area contributed by atoms with Crippen molar-refractivity contribution in [3.63, 3.8) is 0 Å². The first kappa shape index (κ1) is 25.3. The zero-order valence-electron chi connectivity index (χ0n) is 20.3. The molecule has 2 aromatic carbocycles. The lowest BCUT2D eigenvalue weighted by atomic mass is 9.97. The van der Waals surface area contributed by atoms with Crippen LogP contribution < -0.4 is 21.7 Å². The summed E-state index contributed by atoms with van der Waals surface area (Å²) in [5.74, 6) is -0.0980.